The molecule has 27 heavy (non-hydrogen) atoms. The van der Waals surface area contributed by atoms with Gasteiger partial charge in [0.05, 0.1) is 23.3 Å². The lowest BCUT2D eigenvalue weighted by Gasteiger charge is -2.15. The SMILES string of the molecule is Cc1c(-c2ccccc2)nc2ccc(Cl)cc2c1C(=O)NCc1cccs1. The van der Waals surface area contributed by atoms with E-state index in [4.69, 9.17) is 16.6 Å². The van der Waals surface area contributed by atoms with Crippen molar-refractivity contribution in [3.05, 3.63) is 87.1 Å². The van der Waals surface area contributed by atoms with Gasteiger partial charge in [-0.3, -0.25) is 4.79 Å². The summed E-state index contributed by atoms with van der Waals surface area (Å²) in [6.07, 6.45) is 0. The molecule has 0 fully saturated rings. The number of halogens is 1. The second kappa shape index (κ2) is 7.51. The number of aromatic nitrogens is 1. The number of thiophene rings is 1. The van der Waals surface area contributed by atoms with Crippen LogP contribution >= 0.6 is 22.9 Å². The minimum Gasteiger partial charge on any atom is -0.347 e. The molecule has 0 saturated carbocycles. The van der Waals surface area contributed by atoms with Crippen molar-refractivity contribution in [2.45, 2.75) is 13.5 Å². The fourth-order valence-electron chi connectivity index (χ4n) is 3.17. The van der Waals surface area contributed by atoms with E-state index >= 15 is 0 Å². The molecular formula is C22H17ClN2OS. The molecular weight excluding hydrogens is 376 g/mol. The van der Waals surface area contributed by atoms with Gasteiger partial charge in [0.1, 0.15) is 0 Å². The number of pyridine rings is 1. The first-order chi connectivity index (χ1) is 13.1. The lowest BCUT2D eigenvalue weighted by Crippen LogP contribution is -2.24. The Morgan fingerprint density at radius 3 is 2.67 bits per heavy atom. The van der Waals surface area contributed by atoms with Gasteiger partial charge in [-0.1, -0.05) is 48.0 Å². The first-order valence-electron chi connectivity index (χ1n) is 8.59. The first kappa shape index (κ1) is 17.7. The highest BCUT2D eigenvalue weighted by Gasteiger charge is 2.19. The monoisotopic (exact) mass is 392 g/mol. The number of fused-ring (bicyclic) bond motifs is 1. The van der Waals surface area contributed by atoms with Crippen LogP contribution in [-0.4, -0.2) is 10.9 Å². The van der Waals surface area contributed by atoms with Gasteiger partial charge in [-0.25, -0.2) is 4.98 Å². The predicted octanol–water partition coefficient (Wildman–Crippen LogP) is 5.86. The van der Waals surface area contributed by atoms with Crippen LogP contribution in [0.1, 0.15) is 20.8 Å². The minimum atomic E-state index is -0.118. The van der Waals surface area contributed by atoms with Crippen LogP contribution in [-0.2, 0) is 6.54 Å². The average Bonchev–Trinajstić information content (AvgIpc) is 3.20. The summed E-state index contributed by atoms with van der Waals surface area (Å²) in [6, 6.07) is 19.4. The Bertz CT molecular complexity index is 1110. The highest BCUT2D eigenvalue weighted by Crippen LogP contribution is 2.31. The molecule has 0 aliphatic heterocycles. The summed E-state index contributed by atoms with van der Waals surface area (Å²) in [5.74, 6) is -0.118. The van der Waals surface area contributed by atoms with Gasteiger partial charge in [-0.05, 0) is 42.1 Å². The fraction of sp³-hybridized carbons (Fsp3) is 0.0909. The van der Waals surface area contributed by atoms with Crippen molar-refractivity contribution in [3.8, 4) is 11.3 Å². The summed E-state index contributed by atoms with van der Waals surface area (Å²) in [5.41, 5.74) is 4.02. The number of nitrogens with one attached hydrogen (secondary N) is 1. The van der Waals surface area contributed by atoms with Crippen molar-refractivity contribution in [1.29, 1.82) is 0 Å². The molecule has 1 N–H and O–H groups in total. The van der Waals surface area contributed by atoms with E-state index in [0.717, 1.165) is 32.6 Å². The lowest BCUT2D eigenvalue weighted by molar-refractivity contribution is 0.0952. The van der Waals surface area contributed by atoms with Crippen molar-refractivity contribution < 1.29 is 4.79 Å². The van der Waals surface area contributed by atoms with Crippen molar-refractivity contribution in [3.63, 3.8) is 0 Å². The highest BCUT2D eigenvalue weighted by atomic mass is 35.5. The van der Waals surface area contributed by atoms with Gasteiger partial charge < -0.3 is 5.32 Å². The van der Waals surface area contributed by atoms with Gasteiger partial charge in [0, 0.05) is 20.8 Å². The smallest absolute Gasteiger partial charge is 0.252 e. The molecule has 134 valence electrons. The molecule has 4 aromatic rings. The molecule has 2 heterocycles. The van der Waals surface area contributed by atoms with E-state index in [1.54, 1.807) is 17.4 Å². The van der Waals surface area contributed by atoms with E-state index in [1.807, 2.05) is 66.9 Å². The van der Waals surface area contributed by atoms with Crippen LogP contribution in [0.15, 0.2) is 66.0 Å². The quantitative estimate of drug-likeness (QED) is 0.473. The van der Waals surface area contributed by atoms with E-state index < -0.39 is 0 Å². The fourth-order valence-corrected chi connectivity index (χ4v) is 3.99. The normalized spacial score (nSPS) is 10.9. The molecule has 0 saturated heterocycles. The van der Waals surface area contributed by atoms with Crippen molar-refractivity contribution >= 4 is 39.7 Å². The molecule has 2 aromatic carbocycles. The zero-order valence-electron chi connectivity index (χ0n) is 14.7. The van der Waals surface area contributed by atoms with E-state index in [-0.39, 0.29) is 5.91 Å². The molecule has 0 bridgehead atoms. The molecule has 5 heteroatoms. The maximum atomic E-state index is 13.1. The number of hydrogen-bond donors (Lipinski definition) is 1. The number of nitrogens with zero attached hydrogens (tertiary/aromatic N) is 1. The Kier molecular flexibility index (Phi) is 4.92. The van der Waals surface area contributed by atoms with Crippen LogP contribution in [0.3, 0.4) is 0 Å². The number of carbonyl (C=O) groups excluding carboxylic acids is 1. The number of rotatable bonds is 4. The predicted molar refractivity (Wildman–Crippen MR) is 112 cm³/mol. The van der Waals surface area contributed by atoms with E-state index in [9.17, 15) is 4.79 Å². The van der Waals surface area contributed by atoms with E-state index in [2.05, 4.69) is 5.32 Å². The largest absolute Gasteiger partial charge is 0.347 e. The molecule has 2 aromatic heterocycles. The second-order valence-electron chi connectivity index (χ2n) is 6.25. The maximum Gasteiger partial charge on any atom is 0.252 e. The van der Waals surface area contributed by atoms with Crippen molar-refractivity contribution in [2.75, 3.05) is 0 Å². The van der Waals surface area contributed by atoms with E-state index in [1.165, 1.54) is 0 Å². The summed E-state index contributed by atoms with van der Waals surface area (Å²) in [4.78, 5) is 19.0. The van der Waals surface area contributed by atoms with Gasteiger partial charge in [0.25, 0.3) is 5.91 Å². The topological polar surface area (TPSA) is 42.0 Å². The molecule has 0 aliphatic rings. The van der Waals surface area contributed by atoms with Gasteiger partial charge >= 0.3 is 0 Å². The standard InChI is InChI=1S/C22H17ClN2OS/c1-14-20(22(26)24-13-17-8-5-11-27-17)18-12-16(23)9-10-19(18)25-21(14)15-6-3-2-4-7-15/h2-12H,13H2,1H3,(H,24,26). The van der Waals surface area contributed by atoms with Gasteiger partial charge in [-0.15, -0.1) is 11.3 Å². The Balaban J connectivity index is 1.84. The molecule has 1 amide bonds. The summed E-state index contributed by atoms with van der Waals surface area (Å²) in [7, 11) is 0. The van der Waals surface area contributed by atoms with Crippen molar-refractivity contribution in [1.82, 2.24) is 10.3 Å². The molecule has 0 aliphatic carbocycles. The zero-order valence-corrected chi connectivity index (χ0v) is 16.3. The summed E-state index contributed by atoms with van der Waals surface area (Å²) in [6.45, 7) is 2.44. The number of benzene rings is 2. The zero-order chi connectivity index (χ0) is 18.8. The highest BCUT2D eigenvalue weighted by molar-refractivity contribution is 7.09. The lowest BCUT2D eigenvalue weighted by atomic mass is 9.97. The van der Waals surface area contributed by atoms with Crippen LogP contribution in [0.4, 0.5) is 0 Å². The minimum absolute atomic E-state index is 0.118. The number of amides is 1. The molecule has 0 atom stereocenters. The molecule has 0 unspecified atom stereocenters. The van der Waals surface area contributed by atoms with Crippen LogP contribution in [0.5, 0.6) is 0 Å². The Morgan fingerprint density at radius 2 is 1.93 bits per heavy atom. The van der Waals surface area contributed by atoms with Gasteiger partial charge in [0.2, 0.25) is 0 Å². The Labute approximate surface area is 166 Å². The van der Waals surface area contributed by atoms with Gasteiger partial charge in [-0.2, -0.15) is 0 Å². The van der Waals surface area contributed by atoms with Crippen LogP contribution in [0, 0.1) is 6.92 Å². The Hall–Kier alpha value is -2.69. The average molecular weight is 393 g/mol. The first-order valence-corrected chi connectivity index (χ1v) is 9.85. The summed E-state index contributed by atoms with van der Waals surface area (Å²) in [5, 5.41) is 6.39. The molecule has 0 spiro atoms. The van der Waals surface area contributed by atoms with Crippen LogP contribution < -0.4 is 5.32 Å². The number of carbonyl (C=O) groups is 1. The van der Waals surface area contributed by atoms with Crippen molar-refractivity contribution in [2.24, 2.45) is 0 Å². The van der Waals surface area contributed by atoms with E-state index in [0.29, 0.717) is 17.1 Å². The van der Waals surface area contributed by atoms with Crippen LogP contribution in [0.25, 0.3) is 22.2 Å². The maximum absolute atomic E-state index is 13.1. The Morgan fingerprint density at radius 1 is 1.11 bits per heavy atom. The third-order valence-electron chi connectivity index (χ3n) is 4.47. The summed E-state index contributed by atoms with van der Waals surface area (Å²) >= 11 is 7.83. The molecule has 3 nitrogen and oxygen atoms in total. The second-order valence-corrected chi connectivity index (χ2v) is 7.72. The number of hydrogen-bond acceptors (Lipinski definition) is 3. The summed E-state index contributed by atoms with van der Waals surface area (Å²) < 4.78 is 0. The molecule has 0 radical (unpaired) electrons. The third kappa shape index (κ3) is 3.59. The van der Waals surface area contributed by atoms with Gasteiger partial charge in [0.15, 0.2) is 0 Å². The third-order valence-corrected chi connectivity index (χ3v) is 5.58. The molecule has 4 rings (SSSR count). The van der Waals surface area contributed by atoms with Crippen LogP contribution in [0.2, 0.25) is 5.02 Å².